The Hall–Kier alpha value is -1.12. The molecule has 3 nitrogen and oxygen atoms in total. The van der Waals surface area contributed by atoms with E-state index < -0.39 is 0 Å². The third kappa shape index (κ3) is 39.1. The van der Waals surface area contributed by atoms with Crippen molar-refractivity contribution in [3.63, 3.8) is 0 Å². The Morgan fingerprint density at radius 3 is 0.804 bits per heavy atom. The molecule has 0 aliphatic heterocycles. The summed E-state index contributed by atoms with van der Waals surface area (Å²) in [4.78, 5) is 23.9. The van der Waals surface area contributed by atoms with Gasteiger partial charge in [-0.1, -0.05) is 212 Å². The number of hydrogen-bond acceptors (Lipinski definition) is 3. The second-order valence-corrected chi connectivity index (χ2v) is 14.4. The van der Waals surface area contributed by atoms with Gasteiger partial charge >= 0.3 is 11.9 Å². The first-order chi connectivity index (χ1) is 22.7. The molecule has 0 aromatic rings. The summed E-state index contributed by atoms with van der Waals surface area (Å²) in [6, 6.07) is 0. The first kappa shape index (κ1) is 44.9. The van der Waals surface area contributed by atoms with Gasteiger partial charge in [-0.2, -0.15) is 0 Å². The number of carbonyl (C=O) groups excluding carboxylic acids is 2. The van der Waals surface area contributed by atoms with Crippen molar-refractivity contribution in [1.29, 1.82) is 0 Å². The van der Waals surface area contributed by atoms with Gasteiger partial charge in [-0.25, -0.2) is 0 Å². The van der Waals surface area contributed by atoms with E-state index in [1.165, 1.54) is 193 Å². The summed E-state index contributed by atoms with van der Waals surface area (Å²) in [5.41, 5.74) is 0. The van der Waals surface area contributed by atoms with Crippen molar-refractivity contribution in [2.24, 2.45) is 0 Å². The Bertz CT molecular complexity index is 640. The molecule has 0 saturated heterocycles. The Labute approximate surface area is 289 Å². The normalized spacial score (nSPS) is 11.5. The molecule has 0 aliphatic carbocycles. The average Bonchev–Trinajstić information content (AvgIpc) is 3.05. The molecule has 0 aliphatic rings. The van der Waals surface area contributed by atoms with E-state index in [0.29, 0.717) is 12.8 Å². The largest absolute Gasteiger partial charge is 0.393 e. The van der Waals surface area contributed by atoms with Crippen molar-refractivity contribution in [3.8, 4) is 0 Å². The summed E-state index contributed by atoms with van der Waals surface area (Å²) >= 11 is 0. The molecule has 3 heteroatoms. The van der Waals surface area contributed by atoms with Gasteiger partial charge in [0.05, 0.1) is 0 Å². The van der Waals surface area contributed by atoms with Gasteiger partial charge in [0.15, 0.2) is 0 Å². The third-order valence-electron chi connectivity index (χ3n) is 9.60. The van der Waals surface area contributed by atoms with E-state index in [9.17, 15) is 9.59 Å². The highest BCUT2D eigenvalue weighted by Gasteiger charge is 2.10. The molecule has 0 amide bonds. The Balaban J connectivity index is 3.28. The van der Waals surface area contributed by atoms with Gasteiger partial charge in [0.25, 0.3) is 0 Å². The molecule has 0 radical (unpaired) electrons. The molecule has 0 heterocycles. The van der Waals surface area contributed by atoms with Crippen LogP contribution in [0.4, 0.5) is 0 Å². The lowest BCUT2D eigenvalue weighted by atomic mass is 10.0. The summed E-state index contributed by atoms with van der Waals surface area (Å²) in [5, 5.41) is 0. The molecule has 0 atom stereocenters. The maximum absolute atomic E-state index is 12.0. The minimum Gasteiger partial charge on any atom is -0.393 e. The predicted molar refractivity (Wildman–Crippen MR) is 202 cm³/mol. The highest BCUT2D eigenvalue weighted by Crippen LogP contribution is 2.16. The van der Waals surface area contributed by atoms with E-state index in [2.05, 4.69) is 26.0 Å². The molecular formula is C43H82O3. The minimum absolute atomic E-state index is 0.328. The van der Waals surface area contributed by atoms with Crippen LogP contribution in [0, 0.1) is 0 Å². The van der Waals surface area contributed by atoms with Gasteiger partial charge in [0, 0.05) is 12.8 Å². The lowest BCUT2D eigenvalue weighted by molar-refractivity contribution is -0.159. The molecule has 0 rings (SSSR count). The van der Waals surface area contributed by atoms with Crippen molar-refractivity contribution in [3.05, 3.63) is 12.2 Å². The van der Waals surface area contributed by atoms with E-state index in [1.807, 2.05) is 0 Å². The number of rotatable bonds is 38. The van der Waals surface area contributed by atoms with Gasteiger partial charge < -0.3 is 4.74 Å². The van der Waals surface area contributed by atoms with Crippen molar-refractivity contribution in [1.82, 2.24) is 0 Å². The molecular weight excluding hydrogens is 564 g/mol. The maximum Gasteiger partial charge on any atom is 0.313 e. The van der Waals surface area contributed by atoms with Crippen LogP contribution in [0.1, 0.15) is 251 Å². The number of ether oxygens (including phenoxy) is 1. The molecule has 0 spiro atoms. The summed E-state index contributed by atoms with van der Waals surface area (Å²) in [6.07, 6.45) is 51.5. The minimum atomic E-state index is -0.332. The first-order valence-corrected chi connectivity index (χ1v) is 21.1. The van der Waals surface area contributed by atoms with Gasteiger partial charge in [0.2, 0.25) is 0 Å². The second-order valence-electron chi connectivity index (χ2n) is 14.4. The molecule has 46 heavy (non-hydrogen) atoms. The highest BCUT2D eigenvalue weighted by atomic mass is 16.6. The molecule has 0 N–H and O–H groups in total. The SMILES string of the molecule is CCCCCCCC/C=C\CCCCCCCC(=O)OC(=O)CCCCCCCCCCCCCCCCCCCCCCCC. The summed E-state index contributed by atoms with van der Waals surface area (Å²) in [7, 11) is 0. The topological polar surface area (TPSA) is 43.4 Å². The Morgan fingerprint density at radius 2 is 0.543 bits per heavy atom. The van der Waals surface area contributed by atoms with Gasteiger partial charge in [-0.05, 0) is 38.5 Å². The highest BCUT2D eigenvalue weighted by molar-refractivity contribution is 5.85. The standard InChI is InChI=1S/C43H82O3/c1-3-5-7-9-11-13-15-17-19-20-21-22-23-24-25-27-29-31-33-35-37-39-41-43(45)46-42(44)40-38-36-34-32-30-28-26-18-16-14-12-10-8-6-4-2/h18,26H,3-17,19-25,27-41H2,1-2H3/b26-18-. The van der Waals surface area contributed by atoms with Crippen molar-refractivity contribution in [2.45, 2.75) is 251 Å². The summed E-state index contributed by atoms with van der Waals surface area (Å²) in [6.45, 7) is 4.56. The van der Waals surface area contributed by atoms with Crippen molar-refractivity contribution >= 4 is 11.9 Å². The first-order valence-electron chi connectivity index (χ1n) is 21.1. The fourth-order valence-electron chi connectivity index (χ4n) is 6.45. The smallest absolute Gasteiger partial charge is 0.313 e. The second kappa shape index (κ2) is 40.1. The van der Waals surface area contributed by atoms with Crippen LogP contribution in [0.3, 0.4) is 0 Å². The van der Waals surface area contributed by atoms with Gasteiger partial charge in [0.1, 0.15) is 0 Å². The van der Waals surface area contributed by atoms with Crippen LogP contribution < -0.4 is 0 Å². The Morgan fingerprint density at radius 1 is 0.326 bits per heavy atom. The number of hydrogen-bond donors (Lipinski definition) is 0. The quantitative estimate of drug-likeness (QED) is 0.0290. The fraction of sp³-hybridized carbons (Fsp3) is 0.907. The monoisotopic (exact) mass is 647 g/mol. The van der Waals surface area contributed by atoms with E-state index in [0.717, 1.165) is 32.1 Å². The number of unbranched alkanes of at least 4 members (excludes halogenated alkanes) is 32. The van der Waals surface area contributed by atoms with Crippen LogP contribution in [0.5, 0.6) is 0 Å². The molecule has 0 aromatic carbocycles. The average molecular weight is 647 g/mol. The van der Waals surface area contributed by atoms with Crippen LogP contribution in [-0.2, 0) is 14.3 Å². The van der Waals surface area contributed by atoms with Crippen molar-refractivity contribution < 1.29 is 14.3 Å². The van der Waals surface area contributed by atoms with E-state index in [1.54, 1.807) is 0 Å². The Kier molecular flexibility index (Phi) is 39.1. The zero-order valence-corrected chi connectivity index (χ0v) is 31.5. The van der Waals surface area contributed by atoms with Crippen LogP contribution in [0.15, 0.2) is 12.2 Å². The molecule has 0 aromatic heterocycles. The summed E-state index contributed by atoms with van der Waals surface area (Å²) < 4.78 is 5.03. The van der Waals surface area contributed by atoms with Crippen LogP contribution >= 0.6 is 0 Å². The van der Waals surface area contributed by atoms with E-state index in [-0.39, 0.29) is 11.9 Å². The van der Waals surface area contributed by atoms with Crippen molar-refractivity contribution in [2.75, 3.05) is 0 Å². The summed E-state index contributed by atoms with van der Waals surface area (Å²) in [5.74, 6) is -0.660. The zero-order valence-electron chi connectivity index (χ0n) is 31.5. The third-order valence-corrected chi connectivity index (χ3v) is 9.60. The number of carbonyl (C=O) groups is 2. The lowest BCUT2D eigenvalue weighted by Crippen LogP contribution is -2.11. The molecule has 0 unspecified atom stereocenters. The van der Waals surface area contributed by atoms with Gasteiger partial charge in [-0.15, -0.1) is 0 Å². The lowest BCUT2D eigenvalue weighted by Gasteiger charge is -2.05. The molecule has 272 valence electrons. The van der Waals surface area contributed by atoms with E-state index in [4.69, 9.17) is 4.74 Å². The van der Waals surface area contributed by atoms with E-state index >= 15 is 0 Å². The molecule has 0 fully saturated rings. The fourth-order valence-corrected chi connectivity index (χ4v) is 6.45. The van der Waals surface area contributed by atoms with Crippen LogP contribution in [-0.4, -0.2) is 11.9 Å². The number of esters is 2. The number of allylic oxidation sites excluding steroid dienone is 2. The predicted octanol–water partition coefficient (Wildman–Crippen LogP) is 15.1. The maximum atomic E-state index is 12.0. The zero-order chi connectivity index (χ0) is 33.4. The van der Waals surface area contributed by atoms with Crippen LogP contribution in [0.2, 0.25) is 0 Å². The molecule has 0 saturated carbocycles. The van der Waals surface area contributed by atoms with Crippen LogP contribution in [0.25, 0.3) is 0 Å². The van der Waals surface area contributed by atoms with Gasteiger partial charge in [-0.3, -0.25) is 9.59 Å². The molecule has 0 bridgehead atoms.